The molecule has 2 unspecified atom stereocenters. The van der Waals surface area contributed by atoms with Crippen LogP contribution in [0, 0.1) is 23.2 Å². The highest BCUT2D eigenvalue weighted by molar-refractivity contribution is 6.18. The summed E-state index contributed by atoms with van der Waals surface area (Å²) in [5, 5.41) is 24.0. The van der Waals surface area contributed by atoms with Crippen molar-refractivity contribution in [1.82, 2.24) is 22.8 Å². The van der Waals surface area contributed by atoms with E-state index in [0.29, 0.717) is 30.6 Å². The lowest BCUT2D eigenvalue weighted by Crippen LogP contribution is -2.18. The lowest BCUT2D eigenvalue weighted by Gasteiger charge is -2.30. The summed E-state index contributed by atoms with van der Waals surface area (Å²) >= 11 is 0. The summed E-state index contributed by atoms with van der Waals surface area (Å²) in [6.07, 6.45) is 2.04. The maximum absolute atomic E-state index is 13.1. The standard InChI is InChI=1S/C77H60N6O2/c1-5-48(3)46-84-50-39-41-71-60(43-50)58-29-13-21-37-69(58)82(71)75-73(79-63-31-15-7-23-52(63)53-24-8-16-32-64(53)79)62(45-78)74(80-65-33-17-9-25-54(65)55-26-10-18-34-66(55)80)76(77(75)81-67-35-19-11-27-56(67)57-28-12-20-36-68(57)81)83-70-38-22-14-30-59(70)61-44-51(40-42-72(61)83)85-47-49(4)6-2/h7-44,48-49H,5-6,46-47H2,1-4H3. The lowest BCUT2D eigenvalue weighted by molar-refractivity contribution is 0.257. The Balaban J connectivity index is 1.23. The Hall–Kier alpha value is -10.5. The minimum atomic E-state index is 0.389. The van der Waals surface area contributed by atoms with Gasteiger partial charge in [-0.3, -0.25) is 0 Å². The molecule has 0 amide bonds. The Kier molecular flexibility index (Phi) is 11.7. The molecule has 0 spiro atoms. The van der Waals surface area contributed by atoms with Crippen molar-refractivity contribution in [1.29, 1.82) is 5.26 Å². The molecule has 0 radical (unpaired) electrons. The number of benzene rings is 11. The molecule has 0 saturated heterocycles. The van der Waals surface area contributed by atoms with Crippen molar-refractivity contribution >= 4 is 109 Å². The minimum Gasteiger partial charge on any atom is -0.493 e. The van der Waals surface area contributed by atoms with Crippen LogP contribution in [0.3, 0.4) is 0 Å². The van der Waals surface area contributed by atoms with Crippen LogP contribution in [0.4, 0.5) is 0 Å². The van der Waals surface area contributed by atoms with Crippen molar-refractivity contribution in [3.63, 3.8) is 0 Å². The molecule has 85 heavy (non-hydrogen) atoms. The van der Waals surface area contributed by atoms with Crippen LogP contribution in [0.25, 0.3) is 137 Å². The van der Waals surface area contributed by atoms with Gasteiger partial charge in [0.1, 0.15) is 23.1 Å². The van der Waals surface area contributed by atoms with Crippen LogP contribution in [0.1, 0.15) is 46.1 Å². The number of fused-ring (bicyclic) bond motifs is 15. The highest BCUT2D eigenvalue weighted by Gasteiger charge is 2.36. The third-order valence-corrected chi connectivity index (χ3v) is 18.1. The first-order valence-corrected chi connectivity index (χ1v) is 29.9. The molecule has 2 atom stereocenters. The molecular weight excluding hydrogens is 1040 g/mol. The van der Waals surface area contributed by atoms with E-state index in [9.17, 15) is 5.26 Å². The molecule has 0 saturated carbocycles. The predicted molar refractivity (Wildman–Crippen MR) is 353 cm³/mol. The van der Waals surface area contributed by atoms with Gasteiger partial charge in [-0.1, -0.05) is 186 Å². The van der Waals surface area contributed by atoms with Gasteiger partial charge in [0.2, 0.25) is 0 Å². The van der Waals surface area contributed by atoms with Gasteiger partial charge in [-0.15, -0.1) is 0 Å². The van der Waals surface area contributed by atoms with Gasteiger partial charge in [-0.05, 0) is 96.8 Å². The van der Waals surface area contributed by atoms with E-state index >= 15 is 0 Å². The first-order chi connectivity index (χ1) is 41.9. The fourth-order valence-corrected chi connectivity index (χ4v) is 13.6. The molecule has 5 aromatic heterocycles. The second-order valence-electron chi connectivity index (χ2n) is 23.1. The smallest absolute Gasteiger partial charge is 0.120 e. The van der Waals surface area contributed by atoms with Crippen molar-refractivity contribution in [3.05, 3.63) is 236 Å². The highest BCUT2D eigenvalue weighted by atomic mass is 16.5. The van der Waals surface area contributed by atoms with Crippen LogP contribution in [0.5, 0.6) is 11.5 Å². The average molecular weight is 1100 g/mol. The van der Waals surface area contributed by atoms with Gasteiger partial charge in [0.25, 0.3) is 0 Å². The number of hydrogen-bond acceptors (Lipinski definition) is 3. The maximum Gasteiger partial charge on any atom is 0.120 e. The number of rotatable bonds is 13. The zero-order chi connectivity index (χ0) is 57.0. The minimum absolute atomic E-state index is 0.389. The molecule has 0 aliphatic rings. The van der Waals surface area contributed by atoms with Gasteiger partial charge >= 0.3 is 0 Å². The lowest BCUT2D eigenvalue weighted by atomic mass is 10.0. The van der Waals surface area contributed by atoms with Crippen LogP contribution < -0.4 is 9.47 Å². The van der Waals surface area contributed by atoms with Gasteiger partial charge < -0.3 is 32.3 Å². The number of hydrogen-bond donors (Lipinski definition) is 0. The van der Waals surface area contributed by atoms with E-state index in [4.69, 9.17) is 9.47 Å². The molecular formula is C77H60N6O2. The molecule has 0 aliphatic carbocycles. The zero-order valence-corrected chi connectivity index (χ0v) is 47.9. The molecule has 16 rings (SSSR count). The molecule has 0 aliphatic heterocycles. The Bertz CT molecular complexity index is 4990. The van der Waals surface area contributed by atoms with E-state index < -0.39 is 0 Å². The SMILES string of the molecule is CCC(C)COc1ccc2c(c1)c1ccccc1n2-c1c(-n2c3ccccc3c3ccccc32)c(C#N)c(-n2c3ccccc3c3ccccc32)c(-n2c3ccccc3c3cc(OCC(C)CC)ccc32)c1-n1c2ccccc2c2ccccc21. The normalized spacial score (nSPS) is 12.8. The quantitative estimate of drug-likeness (QED) is 0.116. The number of nitrogens with zero attached hydrogens (tertiary/aromatic N) is 6. The van der Waals surface area contributed by atoms with Crippen LogP contribution in [0.2, 0.25) is 0 Å². The fourth-order valence-electron chi connectivity index (χ4n) is 13.6. The van der Waals surface area contributed by atoms with E-state index in [-0.39, 0.29) is 0 Å². The van der Waals surface area contributed by atoms with Crippen LogP contribution in [0.15, 0.2) is 231 Å². The molecule has 11 aromatic carbocycles. The molecule has 410 valence electrons. The first-order valence-electron chi connectivity index (χ1n) is 29.9. The number of nitriles is 1. The summed E-state index contributed by atoms with van der Waals surface area (Å²) in [7, 11) is 0. The number of aromatic nitrogens is 5. The molecule has 8 nitrogen and oxygen atoms in total. The Morgan fingerprint density at radius 2 is 0.529 bits per heavy atom. The molecule has 8 heteroatoms. The third-order valence-electron chi connectivity index (χ3n) is 18.1. The van der Waals surface area contributed by atoms with Crippen LogP contribution in [-0.4, -0.2) is 36.0 Å². The highest BCUT2D eigenvalue weighted by Crippen LogP contribution is 2.52. The Morgan fingerprint density at radius 3 is 0.788 bits per heavy atom. The average Bonchev–Trinajstić information content (AvgIpc) is 1.70. The second kappa shape index (κ2) is 19.9. The zero-order valence-electron chi connectivity index (χ0n) is 47.9. The molecule has 0 N–H and O–H groups in total. The molecule has 16 aromatic rings. The van der Waals surface area contributed by atoms with Gasteiger partial charge in [-0.2, -0.15) is 5.26 Å². The van der Waals surface area contributed by atoms with E-state index in [1.807, 2.05) is 0 Å². The van der Waals surface area contributed by atoms with Crippen molar-refractivity contribution < 1.29 is 9.47 Å². The molecule has 0 bridgehead atoms. The summed E-state index contributed by atoms with van der Waals surface area (Å²) in [6, 6.07) is 86.2. The predicted octanol–water partition coefficient (Wildman–Crippen LogP) is 19.9. The summed E-state index contributed by atoms with van der Waals surface area (Å²) in [5.74, 6) is 2.41. The van der Waals surface area contributed by atoms with Gasteiger partial charge in [0.05, 0.1) is 96.8 Å². The first kappa shape index (κ1) is 50.3. The van der Waals surface area contributed by atoms with Gasteiger partial charge in [0.15, 0.2) is 0 Å². The monoisotopic (exact) mass is 1100 g/mol. The maximum atomic E-state index is 13.1. The summed E-state index contributed by atoms with van der Waals surface area (Å²) < 4.78 is 25.6. The molecule has 0 fully saturated rings. The fraction of sp³-hybridized carbons (Fsp3) is 0.130. The summed E-state index contributed by atoms with van der Waals surface area (Å²) in [4.78, 5) is 0. The van der Waals surface area contributed by atoms with Crippen molar-refractivity contribution in [3.8, 4) is 46.0 Å². The largest absolute Gasteiger partial charge is 0.493 e. The van der Waals surface area contributed by atoms with E-state index in [0.717, 1.165) is 162 Å². The Morgan fingerprint density at radius 1 is 0.306 bits per heavy atom. The topological polar surface area (TPSA) is 66.9 Å². The van der Waals surface area contributed by atoms with Crippen molar-refractivity contribution in [2.75, 3.05) is 13.2 Å². The Labute approximate surface area is 491 Å². The second-order valence-corrected chi connectivity index (χ2v) is 23.1. The number of para-hydroxylation sites is 8. The number of ether oxygens (including phenoxy) is 2. The summed E-state index contributed by atoms with van der Waals surface area (Å²) in [6.45, 7) is 10.1. The van der Waals surface area contributed by atoms with Crippen molar-refractivity contribution in [2.45, 2.75) is 40.5 Å². The van der Waals surface area contributed by atoms with E-state index in [1.54, 1.807) is 0 Å². The van der Waals surface area contributed by atoms with E-state index in [2.05, 4.69) is 287 Å². The third kappa shape index (κ3) is 7.52. The van der Waals surface area contributed by atoms with Gasteiger partial charge in [-0.25, -0.2) is 0 Å². The molecule has 5 heterocycles. The van der Waals surface area contributed by atoms with Crippen LogP contribution in [-0.2, 0) is 0 Å². The summed E-state index contributed by atoms with van der Waals surface area (Å²) in [5.41, 5.74) is 14.5. The van der Waals surface area contributed by atoms with Crippen LogP contribution >= 0.6 is 0 Å². The van der Waals surface area contributed by atoms with E-state index in [1.165, 1.54) is 0 Å². The van der Waals surface area contributed by atoms with Gasteiger partial charge in [0, 0.05) is 53.9 Å². The van der Waals surface area contributed by atoms with Crippen molar-refractivity contribution in [2.24, 2.45) is 11.8 Å².